The van der Waals surface area contributed by atoms with Crippen LogP contribution in [0.2, 0.25) is 0 Å². The fraction of sp³-hybridized carbons (Fsp3) is 0.571. The number of hydrogen-bond acceptors (Lipinski definition) is 11. The molecule has 2 rings (SSSR count). The van der Waals surface area contributed by atoms with Gasteiger partial charge in [0.2, 0.25) is 0 Å². The normalized spacial score (nSPS) is 14.1. The average molecular weight is 574 g/mol. The number of H-pyrrole nitrogens is 2. The molecule has 166 valence electrons. The van der Waals surface area contributed by atoms with E-state index >= 15 is 0 Å². The van der Waals surface area contributed by atoms with Crippen molar-refractivity contribution in [2.24, 2.45) is 0 Å². The van der Waals surface area contributed by atoms with Gasteiger partial charge in [-0.3, -0.25) is 24.4 Å². The third kappa shape index (κ3) is 8.60. The smallest absolute Gasteiger partial charge is 0.319 e. The molecule has 16 heteroatoms. The molecule has 30 heavy (non-hydrogen) atoms. The van der Waals surface area contributed by atoms with E-state index in [1.165, 1.54) is 12.7 Å². The zero-order valence-electron chi connectivity index (χ0n) is 15.5. The van der Waals surface area contributed by atoms with Crippen molar-refractivity contribution in [1.29, 1.82) is 0 Å². The first-order chi connectivity index (χ1) is 14.5. The maximum absolute atomic E-state index is 12.0. The molecule has 0 aliphatic rings. The van der Waals surface area contributed by atoms with Crippen molar-refractivity contribution in [2.75, 3.05) is 23.9 Å². The Morgan fingerprint density at radius 1 is 0.900 bits per heavy atom. The topological polar surface area (TPSA) is 171 Å². The zero-order valence-corrected chi connectivity index (χ0v) is 19.6. The molecule has 0 radical (unpaired) electrons. The molecule has 0 spiro atoms. The van der Waals surface area contributed by atoms with E-state index in [1.54, 1.807) is 0 Å². The van der Waals surface area contributed by atoms with Crippen LogP contribution in [0.1, 0.15) is 36.7 Å². The number of carbonyl (C=O) groups excluding carboxylic acids is 2. The van der Waals surface area contributed by atoms with Crippen LogP contribution in [-0.2, 0) is 32.7 Å². The minimum Gasteiger partial charge on any atom is -0.453 e. The van der Waals surface area contributed by atoms with Crippen LogP contribution in [0, 0.1) is 0 Å². The number of nitrogens with zero attached hydrogens (tertiary/aromatic N) is 4. The van der Waals surface area contributed by atoms with E-state index in [0.717, 1.165) is 0 Å². The van der Waals surface area contributed by atoms with Crippen LogP contribution in [-0.4, -0.2) is 66.2 Å². The second-order valence-electron chi connectivity index (χ2n) is 5.46. The number of rotatable bonds is 14. The molecule has 0 aliphatic heterocycles. The number of carbonyl (C=O) groups is 2. The predicted molar refractivity (Wildman–Crippen MR) is 108 cm³/mol. The van der Waals surface area contributed by atoms with Gasteiger partial charge < -0.3 is 18.5 Å². The van der Waals surface area contributed by atoms with Crippen LogP contribution >= 0.6 is 40.1 Å². The van der Waals surface area contributed by atoms with Gasteiger partial charge in [-0.25, -0.2) is 9.97 Å². The number of alkyl halides is 2. The Kier molecular flexibility index (Phi) is 11.1. The third-order valence-electron chi connectivity index (χ3n) is 3.41. The summed E-state index contributed by atoms with van der Waals surface area (Å²) in [6.07, 6.45) is 1.55. The van der Waals surface area contributed by atoms with Gasteiger partial charge in [0.1, 0.15) is 23.3 Å². The van der Waals surface area contributed by atoms with Crippen molar-refractivity contribution in [3.8, 4) is 0 Å². The van der Waals surface area contributed by atoms with Crippen molar-refractivity contribution < 1.29 is 32.7 Å². The summed E-state index contributed by atoms with van der Waals surface area (Å²) in [6.45, 7) is -0.0367. The Morgan fingerprint density at radius 3 is 1.67 bits per heavy atom. The molecule has 2 atom stereocenters. The molecule has 2 N–H and O–H groups in total. The zero-order chi connectivity index (χ0) is 21.8. The second-order valence-corrected chi connectivity index (χ2v) is 7.66. The van der Waals surface area contributed by atoms with Gasteiger partial charge in [-0.1, -0.05) is 31.9 Å². The summed E-state index contributed by atoms with van der Waals surface area (Å²) in [6, 6.07) is 0. The molecule has 2 unspecified atom stereocenters. The highest BCUT2D eigenvalue weighted by Gasteiger charge is 2.22. The maximum atomic E-state index is 12.0. The largest absolute Gasteiger partial charge is 0.453 e. The molecular formula is C14H19Br2N6O7P. The molecule has 0 aliphatic carbocycles. The fourth-order valence-corrected chi connectivity index (χ4v) is 3.07. The van der Waals surface area contributed by atoms with E-state index < -0.39 is 32.4 Å². The molecule has 0 saturated heterocycles. The standard InChI is InChI=1S/C14H19Br2N6O7P/c15-5-11(23)28-9(13-17-7-19-21-13)1-3-26-30(25)27-4-2-10(29-12(24)6-16)14-18-8-20-22-14/h7-10,30H,1-6H2,(H,17,19,21)(H,18,20,22). The van der Waals surface area contributed by atoms with Crippen LogP contribution in [0.3, 0.4) is 0 Å². The predicted octanol–water partition coefficient (Wildman–Crippen LogP) is 1.78. The number of ether oxygens (including phenoxy) is 2. The van der Waals surface area contributed by atoms with Gasteiger partial charge in [-0.15, -0.1) is 0 Å². The van der Waals surface area contributed by atoms with Crippen molar-refractivity contribution in [2.45, 2.75) is 25.0 Å². The van der Waals surface area contributed by atoms with Crippen LogP contribution in [0.4, 0.5) is 0 Å². The fourth-order valence-electron chi connectivity index (χ4n) is 2.15. The highest BCUT2D eigenvalue weighted by molar-refractivity contribution is 9.09. The quantitative estimate of drug-likeness (QED) is 0.192. The van der Waals surface area contributed by atoms with Gasteiger partial charge in [0.15, 0.2) is 23.9 Å². The van der Waals surface area contributed by atoms with Gasteiger partial charge in [0.05, 0.1) is 13.2 Å². The highest BCUT2D eigenvalue weighted by Crippen LogP contribution is 2.28. The summed E-state index contributed by atoms with van der Waals surface area (Å²) >= 11 is 6.01. The van der Waals surface area contributed by atoms with Gasteiger partial charge >= 0.3 is 20.2 Å². The molecule has 0 saturated carbocycles. The summed E-state index contributed by atoms with van der Waals surface area (Å²) in [4.78, 5) is 30.9. The van der Waals surface area contributed by atoms with E-state index in [4.69, 9.17) is 18.5 Å². The Hall–Kier alpha value is -1.67. The van der Waals surface area contributed by atoms with Gasteiger partial charge in [-0.2, -0.15) is 10.2 Å². The van der Waals surface area contributed by atoms with Crippen LogP contribution in [0.5, 0.6) is 0 Å². The highest BCUT2D eigenvalue weighted by atomic mass is 79.9. The maximum Gasteiger partial charge on any atom is 0.319 e. The number of aromatic amines is 2. The summed E-state index contributed by atoms with van der Waals surface area (Å²) in [5.41, 5.74) is 0. The van der Waals surface area contributed by atoms with Crippen LogP contribution < -0.4 is 0 Å². The number of halogens is 2. The molecule has 13 nitrogen and oxygen atoms in total. The Morgan fingerprint density at radius 2 is 1.33 bits per heavy atom. The summed E-state index contributed by atoms with van der Waals surface area (Å²) < 4.78 is 32.7. The summed E-state index contributed by atoms with van der Waals surface area (Å²) in [5, 5.41) is 12.9. The third-order valence-corrected chi connectivity index (χ3v) is 5.20. The molecule has 0 aromatic carbocycles. The average Bonchev–Trinajstić information content (AvgIpc) is 3.46. The molecule has 2 aromatic heterocycles. The van der Waals surface area contributed by atoms with Crippen molar-refractivity contribution in [3.63, 3.8) is 0 Å². The Balaban J connectivity index is 1.75. The van der Waals surface area contributed by atoms with Crippen molar-refractivity contribution >= 4 is 52.1 Å². The van der Waals surface area contributed by atoms with E-state index in [9.17, 15) is 14.2 Å². The number of esters is 2. The van der Waals surface area contributed by atoms with E-state index in [2.05, 4.69) is 62.2 Å². The second kappa shape index (κ2) is 13.6. The monoisotopic (exact) mass is 572 g/mol. The van der Waals surface area contributed by atoms with Gasteiger partial charge in [-0.05, 0) is 0 Å². The van der Waals surface area contributed by atoms with Gasteiger partial charge in [0, 0.05) is 12.8 Å². The minimum atomic E-state index is -2.83. The Bertz CT molecular complexity index is 731. The van der Waals surface area contributed by atoms with E-state index in [1.807, 2.05) is 0 Å². The number of aromatic nitrogens is 6. The molecule has 2 aromatic rings. The van der Waals surface area contributed by atoms with E-state index in [-0.39, 0.29) is 48.4 Å². The molecule has 0 bridgehead atoms. The summed E-state index contributed by atoms with van der Waals surface area (Å²) in [7, 11) is -2.83. The number of nitrogens with one attached hydrogen (secondary N) is 2. The lowest BCUT2D eigenvalue weighted by molar-refractivity contribution is -0.147. The molecule has 0 amide bonds. The molecular weight excluding hydrogens is 555 g/mol. The van der Waals surface area contributed by atoms with Crippen LogP contribution in [0.25, 0.3) is 0 Å². The summed E-state index contributed by atoms with van der Waals surface area (Å²) in [5.74, 6) is -0.442. The van der Waals surface area contributed by atoms with Crippen molar-refractivity contribution in [1.82, 2.24) is 30.4 Å². The first-order valence-corrected chi connectivity index (χ1v) is 12.0. The minimum absolute atomic E-state index is 0.0141. The molecule has 0 fully saturated rings. The first-order valence-electron chi connectivity index (χ1n) is 8.55. The van der Waals surface area contributed by atoms with Crippen LogP contribution in [0.15, 0.2) is 12.7 Å². The first kappa shape index (κ1) is 24.6. The van der Waals surface area contributed by atoms with Crippen molar-refractivity contribution in [3.05, 3.63) is 24.3 Å². The lowest BCUT2D eigenvalue weighted by Crippen LogP contribution is -2.15. The van der Waals surface area contributed by atoms with Gasteiger partial charge in [0.25, 0.3) is 0 Å². The Labute approximate surface area is 188 Å². The lowest BCUT2D eigenvalue weighted by atomic mass is 10.2. The lowest BCUT2D eigenvalue weighted by Gasteiger charge is -2.15. The van der Waals surface area contributed by atoms with E-state index in [0.29, 0.717) is 0 Å². The SMILES string of the molecule is O=C(CBr)OC(CCO[PH](=O)OCCC(OC(=O)CBr)c1nc[nH]n1)c1nc[nH]n1. The molecule has 2 heterocycles. The number of hydrogen-bond donors (Lipinski definition) is 2.